The molecule has 2 rings (SSSR count). The number of nitrogens with zero attached hydrogens (tertiary/aromatic N) is 2. The van der Waals surface area contributed by atoms with Crippen molar-refractivity contribution in [2.75, 3.05) is 18.0 Å². The van der Waals surface area contributed by atoms with Crippen LogP contribution in [0, 0.1) is 0 Å². The SMILES string of the molecule is CC(N)(c1csc(N2CCCC2)n1)C(F)(F)F. The van der Waals surface area contributed by atoms with E-state index in [0.29, 0.717) is 5.13 Å². The van der Waals surface area contributed by atoms with Gasteiger partial charge in [-0.15, -0.1) is 11.3 Å². The molecule has 0 spiro atoms. The Morgan fingerprint density at radius 1 is 1.35 bits per heavy atom. The molecule has 3 nitrogen and oxygen atoms in total. The van der Waals surface area contributed by atoms with Crippen molar-refractivity contribution in [2.45, 2.75) is 31.5 Å². The van der Waals surface area contributed by atoms with Gasteiger partial charge in [0, 0.05) is 18.5 Å². The lowest BCUT2D eigenvalue weighted by molar-refractivity contribution is -0.185. The van der Waals surface area contributed by atoms with Crippen LogP contribution in [0.2, 0.25) is 0 Å². The molecule has 2 heterocycles. The predicted octanol–water partition coefficient (Wildman–Crippen LogP) is 2.48. The fraction of sp³-hybridized carbons (Fsp3) is 0.700. The van der Waals surface area contributed by atoms with Crippen molar-refractivity contribution in [3.05, 3.63) is 11.1 Å². The number of halogens is 3. The Morgan fingerprint density at radius 2 is 1.94 bits per heavy atom. The number of rotatable bonds is 2. The zero-order chi connectivity index (χ0) is 12.7. The third kappa shape index (κ3) is 2.26. The summed E-state index contributed by atoms with van der Waals surface area (Å²) in [5, 5.41) is 2.04. The third-order valence-electron chi connectivity index (χ3n) is 2.99. The van der Waals surface area contributed by atoms with Gasteiger partial charge in [-0.1, -0.05) is 0 Å². The topological polar surface area (TPSA) is 42.1 Å². The van der Waals surface area contributed by atoms with Crippen LogP contribution < -0.4 is 10.6 Å². The number of anilines is 1. The van der Waals surface area contributed by atoms with Gasteiger partial charge in [0.1, 0.15) is 0 Å². The van der Waals surface area contributed by atoms with Gasteiger partial charge in [-0.05, 0) is 19.8 Å². The Hall–Kier alpha value is -0.820. The zero-order valence-electron chi connectivity index (χ0n) is 9.42. The highest BCUT2D eigenvalue weighted by Gasteiger charge is 2.51. The highest BCUT2D eigenvalue weighted by Crippen LogP contribution is 2.38. The summed E-state index contributed by atoms with van der Waals surface area (Å²) in [4.78, 5) is 6.03. The molecule has 0 aromatic carbocycles. The van der Waals surface area contributed by atoms with Crippen molar-refractivity contribution in [1.82, 2.24) is 4.98 Å². The lowest BCUT2D eigenvalue weighted by atomic mass is 10.0. The van der Waals surface area contributed by atoms with Crippen molar-refractivity contribution >= 4 is 16.5 Å². The first-order chi connectivity index (χ1) is 7.82. The molecule has 1 unspecified atom stereocenters. The number of aromatic nitrogens is 1. The first-order valence-corrected chi connectivity index (χ1v) is 6.27. The lowest BCUT2D eigenvalue weighted by Crippen LogP contribution is -2.48. The number of nitrogens with two attached hydrogens (primary N) is 1. The largest absolute Gasteiger partial charge is 0.411 e. The molecule has 2 N–H and O–H groups in total. The molecule has 0 aliphatic carbocycles. The minimum Gasteiger partial charge on any atom is -0.348 e. The Bertz CT molecular complexity index is 394. The molecular formula is C10H14F3N3S. The van der Waals surface area contributed by atoms with Gasteiger partial charge in [0.05, 0.1) is 5.69 Å². The Kier molecular flexibility index (Phi) is 3.07. The second-order valence-corrected chi connectivity index (χ2v) is 5.25. The Morgan fingerprint density at radius 3 is 2.47 bits per heavy atom. The van der Waals surface area contributed by atoms with E-state index in [4.69, 9.17) is 5.73 Å². The van der Waals surface area contributed by atoms with E-state index in [0.717, 1.165) is 32.9 Å². The van der Waals surface area contributed by atoms with Crippen molar-refractivity contribution in [3.63, 3.8) is 0 Å². The standard InChI is InChI=1S/C10H14F3N3S/c1-9(14,10(11,12)13)7-6-17-8(15-7)16-4-2-3-5-16/h6H,2-5,14H2,1H3. The highest BCUT2D eigenvalue weighted by atomic mass is 32.1. The number of alkyl halides is 3. The van der Waals surface area contributed by atoms with Crippen LogP contribution in [0.1, 0.15) is 25.5 Å². The summed E-state index contributed by atoms with van der Waals surface area (Å²) >= 11 is 1.22. The number of hydrogen-bond donors (Lipinski definition) is 1. The van der Waals surface area contributed by atoms with Gasteiger partial charge in [-0.3, -0.25) is 0 Å². The molecule has 0 saturated carbocycles. The molecule has 1 saturated heterocycles. The number of hydrogen-bond acceptors (Lipinski definition) is 4. The van der Waals surface area contributed by atoms with Crippen LogP contribution in [0.15, 0.2) is 5.38 Å². The van der Waals surface area contributed by atoms with Gasteiger partial charge in [0.2, 0.25) is 0 Å². The summed E-state index contributed by atoms with van der Waals surface area (Å²) in [7, 11) is 0. The zero-order valence-corrected chi connectivity index (χ0v) is 10.2. The van der Waals surface area contributed by atoms with Gasteiger partial charge >= 0.3 is 6.18 Å². The fourth-order valence-electron chi connectivity index (χ4n) is 1.70. The van der Waals surface area contributed by atoms with Crippen LogP contribution in [0.25, 0.3) is 0 Å². The van der Waals surface area contributed by atoms with Crippen LogP contribution >= 0.6 is 11.3 Å². The molecule has 1 fully saturated rings. The predicted molar refractivity (Wildman–Crippen MR) is 61.2 cm³/mol. The maximum absolute atomic E-state index is 12.7. The monoisotopic (exact) mass is 265 g/mol. The fourth-order valence-corrected chi connectivity index (χ4v) is 2.70. The van der Waals surface area contributed by atoms with Gasteiger partial charge in [-0.2, -0.15) is 13.2 Å². The van der Waals surface area contributed by atoms with E-state index in [9.17, 15) is 13.2 Å². The van der Waals surface area contributed by atoms with Crippen LogP contribution in [0.5, 0.6) is 0 Å². The van der Waals surface area contributed by atoms with Crippen LogP contribution in [-0.4, -0.2) is 24.2 Å². The van der Waals surface area contributed by atoms with Gasteiger partial charge in [0.25, 0.3) is 0 Å². The summed E-state index contributed by atoms with van der Waals surface area (Å²) in [6.45, 7) is 2.68. The summed E-state index contributed by atoms with van der Waals surface area (Å²) in [6.07, 6.45) is -2.36. The average Bonchev–Trinajstić information content (AvgIpc) is 2.87. The Balaban J connectivity index is 2.23. The maximum atomic E-state index is 12.7. The molecular weight excluding hydrogens is 251 g/mol. The van der Waals surface area contributed by atoms with E-state index in [1.54, 1.807) is 0 Å². The summed E-state index contributed by atoms with van der Waals surface area (Å²) in [6, 6.07) is 0. The second kappa shape index (κ2) is 4.13. The lowest BCUT2D eigenvalue weighted by Gasteiger charge is -2.25. The summed E-state index contributed by atoms with van der Waals surface area (Å²) in [5.41, 5.74) is 2.85. The van der Waals surface area contributed by atoms with Crippen LogP contribution in [-0.2, 0) is 5.54 Å². The molecule has 1 aromatic rings. The first kappa shape index (κ1) is 12.6. The molecule has 0 radical (unpaired) electrons. The van der Waals surface area contributed by atoms with E-state index >= 15 is 0 Å². The van der Waals surface area contributed by atoms with Gasteiger partial charge < -0.3 is 10.6 Å². The normalized spacial score (nSPS) is 20.6. The first-order valence-electron chi connectivity index (χ1n) is 5.39. The summed E-state index contributed by atoms with van der Waals surface area (Å²) in [5.74, 6) is 0. The van der Waals surface area contributed by atoms with E-state index in [-0.39, 0.29) is 5.69 Å². The Labute approximate surface area is 101 Å². The van der Waals surface area contributed by atoms with Crippen LogP contribution in [0.4, 0.5) is 18.3 Å². The van der Waals surface area contributed by atoms with Crippen molar-refractivity contribution in [2.24, 2.45) is 5.73 Å². The van der Waals surface area contributed by atoms with Crippen molar-refractivity contribution in [1.29, 1.82) is 0 Å². The third-order valence-corrected chi connectivity index (χ3v) is 3.89. The maximum Gasteiger partial charge on any atom is 0.411 e. The second-order valence-electron chi connectivity index (χ2n) is 4.41. The average molecular weight is 265 g/mol. The molecule has 1 atom stereocenters. The molecule has 96 valence electrons. The minimum absolute atomic E-state index is 0.100. The highest BCUT2D eigenvalue weighted by molar-refractivity contribution is 7.13. The number of thiazole rings is 1. The molecule has 0 amide bonds. The van der Waals surface area contributed by atoms with E-state index < -0.39 is 11.7 Å². The van der Waals surface area contributed by atoms with E-state index in [1.165, 1.54) is 16.7 Å². The quantitative estimate of drug-likeness (QED) is 0.893. The summed E-state index contributed by atoms with van der Waals surface area (Å²) < 4.78 is 38.2. The van der Waals surface area contributed by atoms with Gasteiger partial charge in [-0.25, -0.2) is 4.98 Å². The molecule has 1 aliphatic heterocycles. The van der Waals surface area contributed by atoms with Gasteiger partial charge in [0.15, 0.2) is 10.7 Å². The smallest absolute Gasteiger partial charge is 0.348 e. The molecule has 7 heteroatoms. The van der Waals surface area contributed by atoms with Crippen LogP contribution in [0.3, 0.4) is 0 Å². The molecule has 0 bridgehead atoms. The van der Waals surface area contributed by atoms with Crippen molar-refractivity contribution in [3.8, 4) is 0 Å². The molecule has 1 aliphatic rings. The minimum atomic E-state index is -4.48. The van der Waals surface area contributed by atoms with Crippen molar-refractivity contribution < 1.29 is 13.2 Å². The van der Waals surface area contributed by atoms with E-state index in [2.05, 4.69) is 4.98 Å². The molecule has 17 heavy (non-hydrogen) atoms. The molecule has 1 aromatic heterocycles. The van der Waals surface area contributed by atoms with E-state index in [1.807, 2.05) is 4.90 Å².